The second-order valence-corrected chi connectivity index (χ2v) is 6.81. The zero-order valence-electron chi connectivity index (χ0n) is 11.4. The Bertz CT molecular complexity index is 217. The molecule has 94 valence electrons. The maximum absolute atomic E-state index is 3.41. The van der Waals surface area contributed by atoms with E-state index in [1.807, 2.05) is 0 Å². The standard InChI is InChI=1S/C14H28N2/c1-14(2,3)11-9-16(10-11)13-7-5-12(15-4)6-8-13/h11-13,15H,5-10H2,1-4H3. The summed E-state index contributed by atoms with van der Waals surface area (Å²) >= 11 is 0. The zero-order chi connectivity index (χ0) is 11.8. The van der Waals surface area contributed by atoms with Crippen molar-refractivity contribution in [1.29, 1.82) is 0 Å². The molecule has 2 nitrogen and oxygen atoms in total. The van der Waals surface area contributed by atoms with Crippen LogP contribution in [0.25, 0.3) is 0 Å². The minimum atomic E-state index is 0.513. The van der Waals surface area contributed by atoms with Gasteiger partial charge in [-0.25, -0.2) is 0 Å². The van der Waals surface area contributed by atoms with E-state index in [9.17, 15) is 0 Å². The van der Waals surface area contributed by atoms with Crippen LogP contribution in [0, 0.1) is 11.3 Å². The van der Waals surface area contributed by atoms with Crippen molar-refractivity contribution in [2.75, 3.05) is 20.1 Å². The quantitative estimate of drug-likeness (QED) is 0.775. The van der Waals surface area contributed by atoms with E-state index in [1.54, 1.807) is 0 Å². The Morgan fingerprint density at radius 2 is 1.56 bits per heavy atom. The monoisotopic (exact) mass is 224 g/mol. The lowest BCUT2D eigenvalue weighted by molar-refractivity contribution is -0.0195. The van der Waals surface area contributed by atoms with E-state index in [0.717, 1.165) is 18.0 Å². The van der Waals surface area contributed by atoms with Gasteiger partial charge < -0.3 is 5.32 Å². The molecule has 1 heterocycles. The van der Waals surface area contributed by atoms with E-state index >= 15 is 0 Å². The Balaban J connectivity index is 1.73. The van der Waals surface area contributed by atoms with Crippen LogP contribution in [0.4, 0.5) is 0 Å². The summed E-state index contributed by atoms with van der Waals surface area (Å²) in [6, 6.07) is 1.68. The van der Waals surface area contributed by atoms with Crippen molar-refractivity contribution < 1.29 is 0 Å². The molecule has 1 aliphatic carbocycles. The summed E-state index contributed by atoms with van der Waals surface area (Å²) in [4.78, 5) is 2.72. The van der Waals surface area contributed by atoms with Crippen LogP contribution in [0.3, 0.4) is 0 Å². The molecule has 0 amide bonds. The van der Waals surface area contributed by atoms with E-state index in [0.29, 0.717) is 5.41 Å². The molecular formula is C14H28N2. The van der Waals surface area contributed by atoms with E-state index < -0.39 is 0 Å². The van der Waals surface area contributed by atoms with Gasteiger partial charge in [0, 0.05) is 25.2 Å². The Kier molecular flexibility index (Phi) is 3.60. The van der Waals surface area contributed by atoms with E-state index in [1.165, 1.54) is 38.8 Å². The molecule has 0 aromatic heterocycles. The largest absolute Gasteiger partial charge is 0.317 e. The summed E-state index contributed by atoms with van der Waals surface area (Å²) in [6.07, 6.45) is 5.56. The Morgan fingerprint density at radius 1 is 1.00 bits per heavy atom. The van der Waals surface area contributed by atoms with Gasteiger partial charge in [-0.3, -0.25) is 4.90 Å². The molecular weight excluding hydrogens is 196 g/mol. The summed E-state index contributed by atoms with van der Waals surface area (Å²) in [5, 5.41) is 3.41. The molecule has 1 aliphatic heterocycles. The van der Waals surface area contributed by atoms with Crippen molar-refractivity contribution in [1.82, 2.24) is 10.2 Å². The predicted octanol–water partition coefficient (Wildman–Crippen LogP) is 2.49. The van der Waals surface area contributed by atoms with Gasteiger partial charge in [0.15, 0.2) is 0 Å². The minimum absolute atomic E-state index is 0.513. The fraction of sp³-hybridized carbons (Fsp3) is 1.00. The minimum Gasteiger partial charge on any atom is -0.317 e. The van der Waals surface area contributed by atoms with Crippen LogP contribution < -0.4 is 5.32 Å². The second kappa shape index (κ2) is 4.66. The Hall–Kier alpha value is -0.0800. The SMILES string of the molecule is CNC1CCC(N2CC(C(C)(C)C)C2)CC1. The number of hydrogen-bond donors (Lipinski definition) is 1. The summed E-state index contributed by atoms with van der Waals surface area (Å²) < 4.78 is 0. The van der Waals surface area contributed by atoms with Gasteiger partial charge in [0.25, 0.3) is 0 Å². The molecule has 1 saturated heterocycles. The topological polar surface area (TPSA) is 15.3 Å². The van der Waals surface area contributed by atoms with Crippen molar-refractivity contribution in [3.63, 3.8) is 0 Å². The molecule has 2 rings (SSSR count). The molecule has 1 N–H and O–H groups in total. The van der Waals surface area contributed by atoms with Gasteiger partial charge >= 0.3 is 0 Å². The van der Waals surface area contributed by atoms with Gasteiger partial charge in [-0.05, 0) is 44.1 Å². The molecule has 0 aromatic rings. The second-order valence-electron chi connectivity index (χ2n) is 6.81. The highest BCUT2D eigenvalue weighted by molar-refractivity contribution is 4.93. The first-order valence-corrected chi connectivity index (χ1v) is 6.92. The summed E-state index contributed by atoms with van der Waals surface area (Å²) in [5.74, 6) is 0.925. The van der Waals surface area contributed by atoms with Gasteiger partial charge in [-0.15, -0.1) is 0 Å². The highest BCUT2D eigenvalue weighted by Gasteiger charge is 2.39. The highest BCUT2D eigenvalue weighted by Crippen LogP contribution is 2.37. The fourth-order valence-electron chi connectivity index (χ4n) is 3.09. The van der Waals surface area contributed by atoms with Crippen LogP contribution in [0.1, 0.15) is 46.5 Å². The third-order valence-corrected chi connectivity index (χ3v) is 4.76. The number of nitrogens with zero attached hydrogens (tertiary/aromatic N) is 1. The molecule has 0 spiro atoms. The molecule has 2 heteroatoms. The fourth-order valence-corrected chi connectivity index (χ4v) is 3.09. The zero-order valence-corrected chi connectivity index (χ0v) is 11.4. The molecule has 2 aliphatic rings. The van der Waals surface area contributed by atoms with Crippen LogP contribution in [0.2, 0.25) is 0 Å². The molecule has 2 fully saturated rings. The number of rotatable bonds is 2. The van der Waals surface area contributed by atoms with Crippen LogP contribution in [0.5, 0.6) is 0 Å². The average molecular weight is 224 g/mol. The molecule has 0 aromatic carbocycles. The highest BCUT2D eigenvalue weighted by atomic mass is 15.2. The molecule has 0 radical (unpaired) electrons. The van der Waals surface area contributed by atoms with Crippen LogP contribution in [-0.4, -0.2) is 37.1 Å². The lowest BCUT2D eigenvalue weighted by Gasteiger charge is -2.51. The lowest BCUT2D eigenvalue weighted by Crippen LogP contribution is -2.57. The van der Waals surface area contributed by atoms with E-state index in [2.05, 4.69) is 38.0 Å². The van der Waals surface area contributed by atoms with Crippen LogP contribution in [-0.2, 0) is 0 Å². The van der Waals surface area contributed by atoms with Crippen LogP contribution >= 0.6 is 0 Å². The smallest absolute Gasteiger partial charge is 0.00966 e. The Labute approximate surface area is 101 Å². The first-order valence-electron chi connectivity index (χ1n) is 6.92. The summed E-state index contributed by atoms with van der Waals surface area (Å²) in [7, 11) is 2.10. The van der Waals surface area contributed by atoms with Crippen LogP contribution in [0.15, 0.2) is 0 Å². The predicted molar refractivity (Wildman–Crippen MR) is 69.6 cm³/mol. The third-order valence-electron chi connectivity index (χ3n) is 4.76. The number of nitrogens with one attached hydrogen (secondary N) is 1. The van der Waals surface area contributed by atoms with Crippen molar-refractivity contribution in [2.45, 2.75) is 58.5 Å². The molecule has 0 atom stereocenters. The maximum Gasteiger partial charge on any atom is 0.00966 e. The molecule has 0 bridgehead atoms. The first-order chi connectivity index (χ1) is 7.50. The molecule has 16 heavy (non-hydrogen) atoms. The van der Waals surface area contributed by atoms with E-state index in [-0.39, 0.29) is 0 Å². The average Bonchev–Trinajstić information content (AvgIpc) is 2.14. The van der Waals surface area contributed by atoms with Crippen molar-refractivity contribution in [3.05, 3.63) is 0 Å². The van der Waals surface area contributed by atoms with Crippen molar-refractivity contribution in [2.24, 2.45) is 11.3 Å². The lowest BCUT2D eigenvalue weighted by atomic mass is 9.74. The number of likely N-dealkylation sites (tertiary alicyclic amines) is 1. The maximum atomic E-state index is 3.41. The van der Waals surface area contributed by atoms with E-state index in [4.69, 9.17) is 0 Å². The van der Waals surface area contributed by atoms with Gasteiger partial charge in [-0.1, -0.05) is 20.8 Å². The van der Waals surface area contributed by atoms with Crippen molar-refractivity contribution >= 4 is 0 Å². The summed E-state index contributed by atoms with van der Waals surface area (Å²) in [5.41, 5.74) is 0.513. The molecule has 1 saturated carbocycles. The number of hydrogen-bond acceptors (Lipinski definition) is 2. The van der Waals surface area contributed by atoms with Gasteiger partial charge in [-0.2, -0.15) is 0 Å². The molecule has 0 unspecified atom stereocenters. The Morgan fingerprint density at radius 3 is 2.00 bits per heavy atom. The van der Waals surface area contributed by atoms with Gasteiger partial charge in [0.1, 0.15) is 0 Å². The first kappa shape index (κ1) is 12.4. The summed E-state index contributed by atoms with van der Waals surface area (Å²) in [6.45, 7) is 9.84. The van der Waals surface area contributed by atoms with Gasteiger partial charge in [0.2, 0.25) is 0 Å². The van der Waals surface area contributed by atoms with Crippen molar-refractivity contribution in [3.8, 4) is 0 Å². The third kappa shape index (κ3) is 2.60. The van der Waals surface area contributed by atoms with Gasteiger partial charge in [0.05, 0.1) is 0 Å². The normalized spacial score (nSPS) is 33.8.